The molecular weight excluding hydrogens is 528 g/mol. The number of carboxylic acids is 2. The highest BCUT2D eigenvalue weighted by molar-refractivity contribution is 8.01. The Morgan fingerprint density at radius 1 is 1.00 bits per heavy atom. The van der Waals surface area contributed by atoms with Crippen LogP contribution in [-0.2, 0) is 25.6 Å². The first kappa shape index (κ1) is 30.1. The van der Waals surface area contributed by atoms with Crippen molar-refractivity contribution in [3.63, 3.8) is 0 Å². The van der Waals surface area contributed by atoms with E-state index in [0.29, 0.717) is 56.4 Å². The minimum absolute atomic E-state index is 0.0265. The minimum Gasteiger partial charge on any atom is -0.508 e. The maximum atomic E-state index is 13.3. The first-order valence-electron chi connectivity index (χ1n) is 13.1. The van der Waals surface area contributed by atoms with Crippen molar-refractivity contribution in [2.24, 2.45) is 0 Å². The Bertz CT molecular complexity index is 1050. The van der Waals surface area contributed by atoms with Gasteiger partial charge in [-0.15, -0.1) is 11.8 Å². The molecule has 0 radical (unpaired) electrons. The van der Waals surface area contributed by atoms with Gasteiger partial charge in [0, 0.05) is 31.6 Å². The lowest BCUT2D eigenvalue weighted by atomic mass is 9.88. The lowest BCUT2D eigenvalue weighted by Crippen LogP contribution is -2.56. The van der Waals surface area contributed by atoms with Crippen molar-refractivity contribution in [1.29, 1.82) is 0 Å². The third-order valence-corrected chi connectivity index (χ3v) is 8.66. The lowest BCUT2D eigenvalue weighted by Gasteiger charge is -2.32. The molecule has 13 heteroatoms. The van der Waals surface area contributed by atoms with Gasteiger partial charge in [-0.1, -0.05) is 25.0 Å². The fourth-order valence-corrected chi connectivity index (χ4v) is 6.58. The molecule has 0 bridgehead atoms. The first-order chi connectivity index (χ1) is 18.6. The second-order valence-corrected chi connectivity index (χ2v) is 11.2. The van der Waals surface area contributed by atoms with Gasteiger partial charge in [0.05, 0.1) is 12.1 Å². The summed E-state index contributed by atoms with van der Waals surface area (Å²) < 4.78 is -0.869. The van der Waals surface area contributed by atoms with Crippen LogP contribution >= 0.6 is 11.8 Å². The molecule has 214 valence electrons. The molecule has 0 unspecified atom stereocenters. The molecule has 12 nitrogen and oxygen atoms in total. The van der Waals surface area contributed by atoms with Crippen LogP contribution in [0.4, 0.5) is 4.79 Å². The number of aromatic hydroxyl groups is 1. The summed E-state index contributed by atoms with van der Waals surface area (Å²) in [5, 5.41) is 38.9. The number of phenolic OH excluding ortho intramolecular Hbond substituents is 1. The topological polar surface area (TPSA) is 194 Å². The van der Waals surface area contributed by atoms with Crippen LogP contribution in [0.25, 0.3) is 0 Å². The molecule has 39 heavy (non-hydrogen) atoms. The maximum absolute atomic E-state index is 13.3. The molecule has 2 saturated heterocycles. The standard InChI is InChI=1S/C26H36N4O8S/c31-17-10-8-16(9-11-17)14-18(23(35)36)28-20(32)6-2-1-5-13-27-24(37)26(12-4-3-7-21(33)34)22-19(15-39-26)29-25(38)30-22/h8-11,18-19,22,31H,1-7,12-15H2,(H,27,37)(H,28,32)(H,33,34)(H,35,36)(H2,29,30,38)/t18-,19-,22-,26-/m0/s1. The number of hydrogen-bond acceptors (Lipinski definition) is 7. The minimum atomic E-state index is -1.14. The number of aliphatic carboxylic acids is 2. The molecule has 2 heterocycles. The summed E-state index contributed by atoms with van der Waals surface area (Å²) in [7, 11) is 0. The van der Waals surface area contributed by atoms with E-state index >= 15 is 0 Å². The Kier molecular flexibility index (Phi) is 10.8. The fourth-order valence-electron chi connectivity index (χ4n) is 4.93. The van der Waals surface area contributed by atoms with Crippen molar-refractivity contribution in [3.8, 4) is 5.75 Å². The van der Waals surface area contributed by atoms with Crippen LogP contribution < -0.4 is 21.3 Å². The van der Waals surface area contributed by atoms with Crippen molar-refractivity contribution in [1.82, 2.24) is 21.3 Å². The Morgan fingerprint density at radius 3 is 2.41 bits per heavy atom. The van der Waals surface area contributed by atoms with Crippen molar-refractivity contribution >= 4 is 41.5 Å². The molecule has 1 aromatic carbocycles. The zero-order chi connectivity index (χ0) is 28.4. The SMILES string of the molecule is O=C(O)CCCC[C@]1(C(=O)NCCCCCC(=O)N[C@@H](Cc2ccc(O)cc2)C(=O)O)SC[C@@H]2NC(=O)N[C@@H]21. The highest BCUT2D eigenvalue weighted by atomic mass is 32.2. The molecule has 0 aromatic heterocycles. The molecule has 3 rings (SSSR count). The molecule has 0 spiro atoms. The number of nitrogens with one attached hydrogen (secondary N) is 4. The number of amides is 4. The van der Waals surface area contributed by atoms with Crippen molar-refractivity contribution in [2.45, 2.75) is 80.7 Å². The molecule has 2 aliphatic rings. The van der Waals surface area contributed by atoms with Crippen LogP contribution in [0.1, 0.15) is 56.9 Å². The number of phenols is 1. The summed E-state index contributed by atoms with van der Waals surface area (Å²) in [5.74, 6) is -1.92. The predicted molar refractivity (Wildman–Crippen MR) is 143 cm³/mol. The largest absolute Gasteiger partial charge is 0.508 e. The average molecular weight is 565 g/mol. The number of rotatable bonds is 16. The highest BCUT2D eigenvalue weighted by Gasteiger charge is 2.57. The molecule has 2 fully saturated rings. The molecule has 7 N–H and O–H groups in total. The van der Waals surface area contributed by atoms with Crippen LogP contribution in [0.3, 0.4) is 0 Å². The second-order valence-electron chi connectivity index (χ2n) is 9.90. The quantitative estimate of drug-likeness (QED) is 0.115. The van der Waals surface area contributed by atoms with E-state index in [9.17, 15) is 34.2 Å². The summed E-state index contributed by atoms with van der Waals surface area (Å²) >= 11 is 1.48. The number of urea groups is 1. The van der Waals surface area contributed by atoms with E-state index in [4.69, 9.17) is 5.11 Å². The molecule has 4 atom stereocenters. The van der Waals surface area contributed by atoms with Crippen molar-refractivity contribution < 1.29 is 39.3 Å². The Balaban J connectivity index is 1.40. The fraction of sp³-hybridized carbons (Fsp3) is 0.577. The van der Waals surface area contributed by atoms with Gasteiger partial charge in [-0.05, 0) is 43.4 Å². The summed E-state index contributed by atoms with van der Waals surface area (Å²) in [4.78, 5) is 59.9. The normalized spacial score (nSPS) is 22.3. The van der Waals surface area contributed by atoms with Crippen LogP contribution in [0.15, 0.2) is 24.3 Å². The van der Waals surface area contributed by atoms with Crippen LogP contribution in [0.2, 0.25) is 0 Å². The average Bonchev–Trinajstić information content (AvgIpc) is 3.42. The van der Waals surface area contributed by atoms with E-state index in [1.54, 1.807) is 12.1 Å². The number of carboxylic acid groups (broad SMARTS) is 2. The van der Waals surface area contributed by atoms with Crippen molar-refractivity contribution in [2.75, 3.05) is 12.3 Å². The van der Waals surface area contributed by atoms with E-state index in [0.717, 1.165) is 0 Å². The van der Waals surface area contributed by atoms with E-state index in [1.165, 1.54) is 23.9 Å². The first-order valence-corrected chi connectivity index (χ1v) is 14.1. The second kappa shape index (κ2) is 14.1. The zero-order valence-electron chi connectivity index (χ0n) is 21.6. The molecule has 0 saturated carbocycles. The predicted octanol–water partition coefficient (Wildman–Crippen LogP) is 1.36. The Hall–Kier alpha value is -3.48. The van der Waals surface area contributed by atoms with Gasteiger partial charge in [0.25, 0.3) is 0 Å². The number of carbonyl (C=O) groups excluding carboxylic acids is 3. The monoisotopic (exact) mass is 564 g/mol. The summed E-state index contributed by atoms with van der Waals surface area (Å²) in [6.45, 7) is 0.384. The van der Waals surface area contributed by atoms with Gasteiger partial charge < -0.3 is 36.6 Å². The van der Waals surface area contributed by atoms with Crippen molar-refractivity contribution in [3.05, 3.63) is 29.8 Å². The lowest BCUT2D eigenvalue weighted by molar-refractivity contribution is -0.141. The van der Waals surface area contributed by atoms with Gasteiger partial charge in [0.2, 0.25) is 11.8 Å². The third kappa shape index (κ3) is 8.50. The van der Waals surface area contributed by atoms with E-state index in [1.807, 2.05) is 0 Å². The highest BCUT2D eigenvalue weighted by Crippen LogP contribution is 2.44. The van der Waals surface area contributed by atoms with E-state index < -0.39 is 22.7 Å². The molecule has 0 aliphatic carbocycles. The molecule has 2 aliphatic heterocycles. The third-order valence-electron chi connectivity index (χ3n) is 6.98. The maximum Gasteiger partial charge on any atom is 0.326 e. The summed E-state index contributed by atoms with van der Waals surface area (Å²) in [6.07, 6.45) is 3.51. The number of fused-ring (bicyclic) bond motifs is 1. The number of thioether (sulfide) groups is 1. The summed E-state index contributed by atoms with van der Waals surface area (Å²) in [5.41, 5.74) is 0.676. The zero-order valence-corrected chi connectivity index (χ0v) is 22.4. The number of hydrogen-bond donors (Lipinski definition) is 7. The van der Waals surface area contributed by atoms with Gasteiger partial charge >= 0.3 is 18.0 Å². The van der Waals surface area contributed by atoms with E-state index in [2.05, 4.69) is 21.3 Å². The molecule has 1 aromatic rings. The van der Waals surface area contributed by atoms with Crippen LogP contribution in [0.5, 0.6) is 5.75 Å². The summed E-state index contributed by atoms with van der Waals surface area (Å²) in [6, 6.07) is 4.22. The van der Waals surface area contributed by atoms with Gasteiger partial charge in [-0.2, -0.15) is 0 Å². The van der Waals surface area contributed by atoms with Gasteiger partial charge in [0.15, 0.2) is 0 Å². The number of benzene rings is 1. The van der Waals surface area contributed by atoms with Gasteiger partial charge in [-0.25, -0.2) is 9.59 Å². The Labute approximate surface area is 230 Å². The smallest absolute Gasteiger partial charge is 0.326 e. The van der Waals surface area contributed by atoms with Crippen LogP contribution in [-0.4, -0.2) is 80.3 Å². The Morgan fingerprint density at radius 2 is 1.72 bits per heavy atom. The van der Waals surface area contributed by atoms with Gasteiger partial charge in [-0.3, -0.25) is 14.4 Å². The van der Waals surface area contributed by atoms with E-state index in [-0.39, 0.29) is 54.9 Å². The van der Waals surface area contributed by atoms with Gasteiger partial charge in [0.1, 0.15) is 16.5 Å². The molecule has 4 amide bonds. The number of carbonyl (C=O) groups is 5. The molecular formula is C26H36N4O8S. The van der Waals surface area contributed by atoms with Crippen LogP contribution in [0, 0.1) is 0 Å². The number of unbranched alkanes of at least 4 members (excludes halogenated alkanes) is 3.